The van der Waals surface area contributed by atoms with E-state index in [-0.39, 0.29) is 17.8 Å². The van der Waals surface area contributed by atoms with Gasteiger partial charge in [0.25, 0.3) is 11.8 Å². The van der Waals surface area contributed by atoms with Crippen molar-refractivity contribution >= 4 is 34.4 Å². The first kappa shape index (κ1) is 27.4. The fourth-order valence-corrected chi connectivity index (χ4v) is 6.60. The van der Waals surface area contributed by atoms with Crippen molar-refractivity contribution in [1.29, 1.82) is 0 Å². The minimum absolute atomic E-state index is 0.171. The van der Waals surface area contributed by atoms with Crippen LogP contribution < -0.4 is 10.2 Å². The Kier molecular flexibility index (Phi) is 7.20. The fourth-order valence-electron chi connectivity index (χ4n) is 6.60. The SMILES string of the molecule is Cc1ccc(C2c3[nH]c4ccccc4c3CC3C(=O)N(c4ccc(C(=O)NCCCN5CCOCC5)cc4)C(=O)N32)cc1. The number of ether oxygens (including phenoxy) is 1. The third-order valence-electron chi connectivity index (χ3n) is 8.87. The van der Waals surface area contributed by atoms with E-state index in [2.05, 4.69) is 21.3 Å². The van der Waals surface area contributed by atoms with Gasteiger partial charge in [0, 0.05) is 48.2 Å². The van der Waals surface area contributed by atoms with Crippen LogP contribution in [0.4, 0.5) is 10.5 Å². The number of rotatable bonds is 7. The number of nitrogens with zero attached hydrogens (tertiary/aromatic N) is 3. The predicted molar refractivity (Wildman–Crippen MR) is 164 cm³/mol. The number of fused-ring (bicyclic) bond motifs is 4. The Morgan fingerprint density at radius 1 is 0.977 bits per heavy atom. The zero-order valence-electron chi connectivity index (χ0n) is 24.2. The Balaban J connectivity index is 1.11. The lowest BCUT2D eigenvalue weighted by Gasteiger charge is -2.36. The molecule has 4 amide bonds. The van der Waals surface area contributed by atoms with Crippen molar-refractivity contribution in [2.75, 3.05) is 44.3 Å². The molecular formula is C34H35N5O4. The number of carbonyl (C=O) groups excluding carboxylic acids is 3. The van der Waals surface area contributed by atoms with Crippen LogP contribution in [0.2, 0.25) is 0 Å². The highest BCUT2D eigenvalue weighted by molar-refractivity contribution is 6.22. The second-order valence-electron chi connectivity index (χ2n) is 11.6. The lowest BCUT2D eigenvalue weighted by atomic mass is 9.88. The number of aromatic nitrogens is 1. The standard InChI is InChI=1S/C34H35N5O4/c1-22-7-9-23(10-8-22)31-30-27(26-5-2-3-6-28(26)36-30)21-29-33(41)38(34(42)39(29)31)25-13-11-24(12-14-25)32(40)35-15-4-16-37-17-19-43-20-18-37/h2-3,5-14,29,31,36H,4,15-21H2,1H3,(H,35,40). The van der Waals surface area contributed by atoms with Gasteiger partial charge in [-0.25, -0.2) is 9.69 Å². The molecule has 9 heteroatoms. The molecule has 7 rings (SSSR count). The van der Waals surface area contributed by atoms with Crippen molar-refractivity contribution in [3.8, 4) is 0 Å². The maximum absolute atomic E-state index is 14.1. The van der Waals surface area contributed by atoms with Gasteiger partial charge >= 0.3 is 6.03 Å². The Hall–Kier alpha value is -4.47. The average Bonchev–Trinajstić information content (AvgIpc) is 3.53. The van der Waals surface area contributed by atoms with Gasteiger partial charge in [0.1, 0.15) is 12.1 Å². The second kappa shape index (κ2) is 11.3. The highest BCUT2D eigenvalue weighted by atomic mass is 16.5. The predicted octanol–water partition coefficient (Wildman–Crippen LogP) is 4.41. The summed E-state index contributed by atoms with van der Waals surface area (Å²) >= 11 is 0. The van der Waals surface area contributed by atoms with E-state index in [1.165, 1.54) is 4.90 Å². The number of anilines is 1. The van der Waals surface area contributed by atoms with E-state index < -0.39 is 12.1 Å². The van der Waals surface area contributed by atoms with Gasteiger partial charge in [0.15, 0.2) is 0 Å². The molecule has 0 saturated carbocycles. The number of imide groups is 1. The molecule has 2 N–H and O–H groups in total. The maximum Gasteiger partial charge on any atom is 0.332 e. The number of hydrogen-bond acceptors (Lipinski definition) is 5. The molecule has 0 radical (unpaired) electrons. The van der Waals surface area contributed by atoms with E-state index in [4.69, 9.17) is 4.74 Å². The molecule has 2 atom stereocenters. The molecule has 3 aromatic carbocycles. The third kappa shape index (κ3) is 4.98. The number of para-hydroxylation sites is 1. The number of aryl methyl sites for hydroxylation is 1. The smallest absolute Gasteiger partial charge is 0.332 e. The molecule has 2 saturated heterocycles. The summed E-state index contributed by atoms with van der Waals surface area (Å²) < 4.78 is 5.38. The fraction of sp³-hybridized carbons (Fsp3) is 0.324. The number of urea groups is 1. The van der Waals surface area contributed by atoms with Gasteiger partial charge in [-0.15, -0.1) is 0 Å². The summed E-state index contributed by atoms with van der Waals surface area (Å²) in [6, 6.07) is 21.5. The minimum Gasteiger partial charge on any atom is -0.379 e. The molecule has 3 aliphatic rings. The van der Waals surface area contributed by atoms with E-state index in [0.29, 0.717) is 24.2 Å². The quantitative estimate of drug-likeness (QED) is 0.251. The number of benzene rings is 3. The molecule has 4 aromatic rings. The van der Waals surface area contributed by atoms with Gasteiger partial charge in [-0.1, -0.05) is 48.0 Å². The first-order chi connectivity index (χ1) is 21.0. The van der Waals surface area contributed by atoms with Crippen molar-refractivity contribution in [3.05, 3.63) is 101 Å². The summed E-state index contributed by atoms with van der Waals surface area (Å²) in [5, 5.41) is 4.06. The van der Waals surface area contributed by atoms with Crippen LogP contribution >= 0.6 is 0 Å². The highest BCUT2D eigenvalue weighted by Gasteiger charge is 2.53. The molecule has 0 aliphatic carbocycles. The molecule has 1 aromatic heterocycles. The van der Waals surface area contributed by atoms with Crippen LogP contribution in [0.1, 0.15) is 45.2 Å². The summed E-state index contributed by atoms with van der Waals surface area (Å²) in [6.07, 6.45) is 1.30. The van der Waals surface area contributed by atoms with Crippen LogP contribution in [0.25, 0.3) is 10.9 Å². The number of aromatic amines is 1. The number of nitrogens with one attached hydrogen (secondary N) is 2. The molecule has 2 unspecified atom stereocenters. The van der Waals surface area contributed by atoms with Crippen LogP contribution in [0.5, 0.6) is 0 Å². The van der Waals surface area contributed by atoms with Crippen molar-refractivity contribution < 1.29 is 19.1 Å². The zero-order chi connectivity index (χ0) is 29.5. The van der Waals surface area contributed by atoms with Crippen LogP contribution in [0.3, 0.4) is 0 Å². The van der Waals surface area contributed by atoms with Crippen LogP contribution in [-0.4, -0.2) is 78.1 Å². The molecule has 3 aliphatic heterocycles. The summed E-state index contributed by atoms with van der Waals surface area (Å²) in [5.41, 5.74) is 6.05. The van der Waals surface area contributed by atoms with E-state index in [1.54, 1.807) is 29.2 Å². The third-order valence-corrected chi connectivity index (χ3v) is 8.87. The molecule has 4 heterocycles. The molecule has 0 bridgehead atoms. The van der Waals surface area contributed by atoms with Gasteiger partial charge in [-0.3, -0.25) is 19.4 Å². The molecule has 43 heavy (non-hydrogen) atoms. The number of amides is 4. The normalized spacial score (nSPS) is 20.4. The van der Waals surface area contributed by atoms with Gasteiger partial charge < -0.3 is 15.0 Å². The van der Waals surface area contributed by atoms with Crippen LogP contribution in [0, 0.1) is 6.92 Å². The van der Waals surface area contributed by atoms with Crippen molar-refractivity contribution in [2.45, 2.75) is 31.8 Å². The number of carbonyl (C=O) groups is 3. The number of hydrogen-bond donors (Lipinski definition) is 2. The Labute approximate surface area is 250 Å². The molecule has 9 nitrogen and oxygen atoms in total. The van der Waals surface area contributed by atoms with Gasteiger partial charge in [0.05, 0.1) is 18.9 Å². The Morgan fingerprint density at radius 2 is 1.72 bits per heavy atom. The van der Waals surface area contributed by atoms with Crippen molar-refractivity contribution in [1.82, 2.24) is 20.1 Å². The largest absolute Gasteiger partial charge is 0.379 e. The molecule has 2 fully saturated rings. The van der Waals surface area contributed by atoms with Crippen molar-refractivity contribution in [3.63, 3.8) is 0 Å². The first-order valence-electron chi connectivity index (χ1n) is 15.0. The minimum atomic E-state index is -0.625. The van der Waals surface area contributed by atoms with Gasteiger partial charge in [-0.05, 0) is 61.3 Å². The monoisotopic (exact) mass is 577 g/mol. The average molecular weight is 578 g/mol. The van der Waals surface area contributed by atoms with Crippen LogP contribution in [0.15, 0.2) is 72.8 Å². The molecular weight excluding hydrogens is 542 g/mol. The highest BCUT2D eigenvalue weighted by Crippen LogP contribution is 2.44. The first-order valence-corrected chi connectivity index (χ1v) is 15.0. The van der Waals surface area contributed by atoms with E-state index >= 15 is 0 Å². The zero-order valence-corrected chi connectivity index (χ0v) is 24.2. The molecule has 0 spiro atoms. The van der Waals surface area contributed by atoms with E-state index in [9.17, 15) is 14.4 Å². The lowest BCUT2D eigenvalue weighted by Crippen LogP contribution is -2.44. The second-order valence-corrected chi connectivity index (χ2v) is 11.6. The molecule has 220 valence electrons. The van der Waals surface area contributed by atoms with Crippen molar-refractivity contribution in [2.24, 2.45) is 0 Å². The lowest BCUT2D eigenvalue weighted by molar-refractivity contribution is -0.120. The van der Waals surface area contributed by atoms with E-state index in [0.717, 1.165) is 72.6 Å². The summed E-state index contributed by atoms with van der Waals surface area (Å²) in [6.45, 7) is 6.90. The summed E-state index contributed by atoms with van der Waals surface area (Å²) in [5.74, 6) is -0.423. The Bertz CT molecular complexity index is 1670. The summed E-state index contributed by atoms with van der Waals surface area (Å²) in [7, 11) is 0. The Morgan fingerprint density at radius 3 is 2.49 bits per heavy atom. The van der Waals surface area contributed by atoms with Crippen LogP contribution in [-0.2, 0) is 16.0 Å². The summed E-state index contributed by atoms with van der Waals surface area (Å²) in [4.78, 5) is 49.7. The number of H-pyrrole nitrogens is 1. The maximum atomic E-state index is 14.1. The van der Waals surface area contributed by atoms with Gasteiger partial charge in [0.2, 0.25) is 0 Å². The van der Waals surface area contributed by atoms with Gasteiger partial charge in [-0.2, -0.15) is 0 Å². The topological polar surface area (TPSA) is 98.0 Å². The number of morpholine rings is 1. The van der Waals surface area contributed by atoms with E-state index in [1.807, 2.05) is 49.4 Å².